The third kappa shape index (κ3) is 52.4. The number of unbranched alkanes of at least 4 members (excludes halogenated alkanes) is 40. The molecule has 0 aliphatic heterocycles. The molecular weight excluding hydrogens is 846 g/mol. The molecule has 0 saturated heterocycles. The first-order valence-electron chi connectivity index (χ1n) is 28.7. The minimum absolute atomic E-state index is 0.0261. The van der Waals surface area contributed by atoms with E-state index in [0.29, 0.717) is 17.4 Å². The van der Waals surface area contributed by atoms with Crippen molar-refractivity contribution >= 4 is 19.8 Å². The summed E-state index contributed by atoms with van der Waals surface area (Å²) in [6.45, 7) is 4.21. The number of hydrogen-bond donors (Lipinski definition) is 0. The van der Waals surface area contributed by atoms with Crippen LogP contribution in [-0.4, -0.2) is 70.0 Å². The van der Waals surface area contributed by atoms with Crippen LogP contribution < -0.4 is 4.89 Å². The molecule has 0 spiro atoms. The van der Waals surface area contributed by atoms with Gasteiger partial charge in [0.05, 0.1) is 27.7 Å². The van der Waals surface area contributed by atoms with Gasteiger partial charge in [0.2, 0.25) is 0 Å². The van der Waals surface area contributed by atoms with E-state index in [1.807, 2.05) is 21.1 Å². The molecule has 2 unspecified atom stereocenters. The number of nitrogens with zero attached hydrogens (tertiary/aromatic N) is 1. The summed E-state index contributed by atoms with van der Waals surface area (Å²) in [5.41, 5.74) is 0. The van der Waals surface area contributed by atoms with Gasteiger partial charge in [0.25, 0.3) is 7.82 Å². The van der Waals surface area contributed by atoms with E-state index in [-0.39, 0.29) is 32.0 Å². The predicted molar refractivity (Wildman–Crippen MR) is 278 cm³/mol. The van der Waals surface area contributed by atoms with E-state index in [9.17, 15) is 19.0 Å². The van der Waals surface area contributed by atoms with Crippen molar-refractivity contribution < 1.29 is 42.1 Å². The highest BCUT2D eigenvalue weighted by Crippen LogP contribution is 2.38. The molecule has 0 fully saturated rings. The lowest BCUT2D eigenvalue weighted by molar-refractivity contribution is -0.870. The summed E-state index contributed by atoms with van der Waals surface area (Å²) in [6, 6.07) is 0. The first kappa shape index (κ1) is 65.0. The van der Waals surface area contributed by atoms with Crippen molar-refractivity contribution in [2.75, 3.05) is 47.5 Å². The summed E-state index contributed by atoms with van der Waals surface area (Å²) in [6.07, 6.45) is 55.2. The molecule has 2 atom stereocenters. The summed E-state index contributed by atoms with van der Waals surface area (Å²) >= 11 is 0. The Hall–Kier alpha value is -0.990. The van der Waals surface area contributed by atoms with E-state index in [1.165, 1.54) is 225 Å². The molecule has 0 radical (unpaired) electrons. The van der Waals surface area contributed by atoms with Crippen molar-refractivity contribution in [1.29, 1.82) is 0 Å². The highest BCUT2D eigenvalue weighted by atomic mass is 31.2. The van der Waals surface area contributed by atoms with Crippen LogP contribution in [0.25, 0.3) is 0 Å². The molecule has 0 aromatic rings. The highest BCUT2D eigenvalue weighted by molar-refractivity contribution is 7.45. The lowest BCUT2D eigenvalue weighted by Crippen LogP contribution is -2.37. The SMILES string of the molecule is CCCCCCCCCCCCCCCCCCCCCCCCCCCCCCCCCCCCCCC(=O)OC(COC(=O)CCCCCCCC)COP(=O)([O-])OCC[N+](C)(C)C. The first-order valence-corrected chi connectivity index (χ1v) is 30.2. The number of rotatable bonds is 54. The minimum Gasteiger partial charge on any atom is -0.756 e. The van der Waals surface area contributed by atoms with E-state index in [4.69, 9.17) is 18.5 Å². The van der Waals surface area contributed by atoms with Crippen molar-refractivity contribution in [2.45, 2.75) is 302 Å². The predicted octanol–water partition coefficient (Wildman–Crippen LogP) is 16.9. The van der Waals surface area contributed by atoms with Crippen molar-refractivity contribution in [3.05, 3.63) is 0 Å². The second-order valence-corrected chi connectivity index (χ2v) is 22.4. The summed E-state index contributed by atoms with van der Waals surface area (Å²) < 4.78 is 33.8. The van der Waals surface area contributed by atoms with Gasteiger partial charge in [-0.15, -0.1) is 0 Å². The van der Waals surface area contributed by atoms with E-state index < -0.39 is 26.5 Å². The zero-order valence-electron chi connectivity index (χ0n) is 44.7. The first-order chi connectivity index (χ1) is 32.0. The zero-order valence-corrected chi connectivity index (χ0v) is 45.6. The Bertz CT molecular complexity index is 1080. The third-order valence-electron chi connectivity index (χ3n) is 13.1. The molecule has 394 valence electrons. The number of phosphoric acid groups is 1. The molecule has 66 heavy (non-hydrogen) atoms. The van der Waals surface area contributed by atoms with Crippen molar-refractivity contribution in [3.63, 3.8) is 0 Å². The number of phosphoric ester groups is 1. The molecule has 9 nitrogen and oxygen atoms in total. The van der Waals surface area contributed by atoms with E-state index in [0.717, 1.165) is 38.5 Å². The maximum Gasteiger partial charge on any atom is 0.306 e. The van der Waals surface area contributed by atoms with Crippen LogP contribution in [0.5, 0.6) is 0 Å². The quantitative estimate of drug-likeness (QED) is 0.0256. The van der Waals surface area contributed by atoms with Crippen LogP contribution in [0.4, 0.5) is 0 Å². The van der Waals surface area contributed by atoms with Gasteiger partial charge < -0.3 is 27.9 Å². The number of ether oxygens (including phenoxy) is 2. The maximum atomic E-state index is 12.7. The normalized spacial score (nSPS) is 13.2. The molecule has 0 heterocycles. The molecule has 10 heteroatoms. The van der Waals surface area contributed by atoms with Gasteiger partial charge >= 0.3 is 11.9 Å². The molecule has 0 rings (SSSR count). The Morgan fingerprint density at radius 3 is 0.970 bits per heavy atom. The van der Waals surface area contributed by atoms with Gasteiger partial charge in [-0.25, -0.2) is 0 Å². The second-order valence-electron chi connectivity index (χ2n) is 21.0. The summed E-state index contributed by atoms with van der Waals surface area (Å²) in [5, 5.41) is 0. The fourth-order valence-electron chi connectivity index (χ4n) is 8.66. The fraction of sp³-hybridized carbons (Fsp3) is 0.964. The van der Waals surface area contributed by atoms with Crippen LogP contribution in [0, 0.1) is 0 Å². The van der Waals surface area contributed by atoms with Crippen LogP contribution in [0.15, 0.2) is 0 Å². The smallest absolute Gasteiger partial charge is 0.306 e. The topological polar surface area (TPSA) is 111 Å². The van der Waals surface area contributed by atoms with Gasteiger partial charge in [-0.05, 0) is 12.8 Å². The Balaban J connectivity index is 3.74. The Morgan fingerprint density at radius 1 is 0.409 bits per heavy atom. The standard InChI is InChI=1S/C56H112NO8P/c1-6-8-10-12-14-15-16-17-18-19-20-21-22-23-24-25-26-27-28-29-30-31-32-33-34-35-36-37-38-39-40-41-42-43-45-47-49-56(59)65-54(52-62-55(58)48-46-44-13-11-9-7-2)53-64-66(60,61)63-51-50-57(3,4)5/h54H,6-53H2,1-5H3. The highest BCUT2D eigenvalue weighted by Gasteiger charge is 2.22. The average Bonchev–Trinajstić information content (AvgIpc) is 3.27. The van der Waals surface area contributed by atoms with E-state index in [1.54, 1.807) is 0 Å². The number of quaternary nitrogens is 1. The molecule has 0 amide bonds. The second kappa shape index (κ2) is 49.0. The average molecular weight is 958 g/mol. The largest absolute Gasteiger partial charge is 0.756 e. The van der Waals surface area contributed by atoms with Crippen LogP contribution >= 0.6 is 7.82 Å². The molecule has 0 bridgehead atoms. The van der Waals surface area contributed by atoms with Crippen LogP contribution in [-0.2, 0) is 32.7 Å². The number of carbonyl (C=O) groups is 2. The number of hydrogen-bond acceptors (Lipinski definition) is 8. The fourth-order valence-corrected chi connectivity index (χ4v) is 9.39. The molecule has 0 saturated carbocycles. The van der Waals surface area contributed by atoms with Gasteiger partial charge in [-0.1, -0.05) is 271 Å². The Labute approximate surface area is 410 Å². The molecule has 0 aromatic heterocycles. The van der Waals surface area contributed by atoms with E-state index >= 15 is 0 Å². The van der Waals surface area contributed by atoms with Gasteiger partial charge in [-0.2, -0.15) is 0 Å². The van der Waals surface area contributed by atoms with Gasteiger partial charge in [-0.3, -0.25) is 14.2 Å². The number of carbonyl (C=O) groups excluding carboxylic acids is 2. The van der Waals surface area contributed by atoms with Gasteiger partial charge in [0.1, 0.15) is 19.8 Å². The lowest BCUT2D eigenvalue weighted by atomic mass is 10.0. The van der Waals surface area contributed by atoms with Gasteiger partial charge in [0, 0.05) is 12.8 Å². The zero-order chi connectivity index (χ0) is 48.5. The van der Waals surface area contributed by atoms with Crippen molar-refractivity contribution in [1.82, 2.24) is 0 Å². The van der Waals surface area contributed by atoms with Crippen LogP contribution in [0.2, 0.25) is 0 Å². The third-order valence-corrected chi connectivity index (χ3v) is 14.1. The number of esters is 2. The van der Waals surface area contributed by atoms with Crippen molar-refractivity contribution in [3.8, 4) is 0 Å². The molecule has 0 aromatic carbocycles. The summed E-state index contributed by atoms with van der Waals surface area (Å²) in [5.74, 6) is -0.828. The van der Waals surface area contributed by atoms with E-state index in [2.05, 4.69) is 13.8 Å². The van der Waals surface area contributed by atoms with Crippen LogP contribution in [0.3, 0.4) is 0 Å². The maximum absolute atomic E-state index is 12.7. The Kier molecular flexibility index (Phi) is 48.3. The monoisotopic (exact) mass is 958 g/mol. The molecule has 0 aliphatic rings. The lowest BCUT2D eigenvalue weighted by Gasteiger charge is -2.28. The summed E-state index contributed by atoms with van der Waals surface area (Å²) in [7, 11) is 1.18. The number of likely N-dealkylation sites (N-methyl/N-ethyl adjacent to an activating group) is 1. The molecular formula is C56H112NO8P. The summed E-state index contributed by atoms with van der Waals surface area (Å²) in [4.78, 5) is 37.4. The van der Waals surface area contributed by atoms with Crippen LogP contribution in [0.1, 0.15) is 296 Å². The van der Waals surface area contributed by atoms with Gasteiger partial charge in [0.15, 0.2) is 6.10 Å². The van der Waals surface area contributed by atoms with Crippen molar-refractivity contribution in [2.24, 2.45) is 0 Å². The molecule has 0 aliphatic carbocycles. The minimum atomic E-state index is -4.61. The molecule has 0 N–H and O–H groups in total. The Morgan fingerprint density at radius 2 is 0.682 bits per heavy atom.